The van der Waals surface area contributed by atoms with E-state index >= 15 is 0 Å². The summed E-state index contributed by atoms with van der Waals surface area (Å²) in [6.45, 7) is 2.01. The van der Waals surface area contributed by atoms with Crippen molar-refractivity contribution in [3.8, 4) is 17.1 Å². The van der Waals surface area contributed by atoms with Gasteiger partial charge in [0.25, 0.3) is 5.56 Å². The molecule has 1 aliphatic rings. The number of aryl methyl sites for hydroxylation is 3. The fourth-order valence-electron chi connectivity index (χ4n) is 4.84. The molecule has 5 aromatic rings. The van der Waals surface area contributed by atoms with E-state index in [9.17, 15) is 9.90 Å². The number of hydrogen-bond donors (Lipinski definition) is 1. The van der Waals surface area contributed by atoms with Crippen molar-refractivity contribution in [1.29, 1.82) is 0 Å². The van der Waals surface area contributed by atoms with Gasteiger partial charge in [0.05, 0.1) is 11.6 Å². The summed E-state index contributed by atoms with van der Waals surface area (Å²) >= 11 is 1.64. The molecule has 34 heavy (non-hydrogen) atoms. The molecule has 2 heterocycles. The highest BCUT2D eigenvalue weighted by Crippen LogP contribution is 2.35. The fraction of sp³-hybridized carbons (Fsp3) is 0.179. The number of fused-ring (bicyclic) bond motifs is 4. The summed E-state index contributed by atoms with van der Waals surface area (Å²) < 4.78 is 1.41. The third kappa shape index (κ3) is 3.33. The molecule has 0 saturated carbocycles. The molecule has 168 valence electrons. The SMILES string of the molecule is Cc1ccccc1-c1nc2sc3c(c2c(=O)n1/N=C/c1c(O)ccc2ccccc12)CCCC3. The van der Waals surface area contributed by atoms with Gasteiger partial charge < -0.3 is 5.11 Å². The first-order valence-corrected chi connectivity index (χ1v) is 12.3. The number of thiophene rings is 1. The number of phenols is 1. The van der Waals surface area contributed by atoms with Crippen molar-refractivity contribution < 1.29 is 5.11 Å². The molecule has 0 unspecified atom stereocenters. The van der Waals surface area contributed by atoms with Crippen LogP contribution in [0.25, 0.3) is 32.4 Å². The smallest absolute Gasteiger partial charge is 0.283 e. The molecule has 0 aliphatic heterocycles. The minimum atomic E-state index is -0.154. The van der Waals surface area contributed by atoms with Gasteiger partial charge in [0.2, 0.25) is 0 Å². The van der Waals surface area contributed by atoms with E-state index in [0.717, 1.165) is 58.0 Å². The van der Waals surface area contributed by atoms with Gasteiger partial charge >= 0.3 is 0 Å². The van der Waals surface area contributed by atoms with Crippen molar-refractivity contribution in [3.63, 3.8) is 0 Å². The summed E-state index contributed by atoms with van der Waals surface area (Å²) in [5, 5.41) is 17.8. The van der Waals surface area contributed by atoms with E-state index in [1.54, 1.807) is 23.6 Å². The van der Waals surface area contributed by atoms with Crippen LogP contribution in [-0.2, 0) is 12.8 Å². The molecule has 0 amide bonds. The highest BCUT2D eigenvalue weighted by Gasteiger charge is 2.23. The van der Waals surface area contributed by atoms with Gasteiger partial charge in [-0.05, 0) is 60.6 Å². The lowest BCUT2D eigenvalue weighted by atomic mass is 9.97. The lowest BCUT2D eigenvalue weighted by molar-refractivity contribution is 0.475. The molecule has 1 aliphatic carbocycles. The van der Waals surface area contributed by atoms with Gasteiger partial charge in [-0.25, -0.2) is 4.98 Å². The molecule has 5 nitrogen and oxygen atoms in total. The van der Waals surface area contributed by atoms with Crippen molar-refractivity contribution in [2.24, 2.45) is 5.10 Å². The molecule has 0 fully saturated rings. The topological polar surface area (TPSA) is 67.5 Å². The van der Waals surface area contributed by atoms with Crippen LogP contribution in [0.5, 0.6) is 5.75 Å². The molecule has 6 rings (SSSR count). The average molecular weight is 466 g/mol. The van der Waals surface area contributed by atoms with E-state index in [1.165, 1.54) is 9.55 Å². The van der Waals surface area contributed by atoms with Crippen LogP contribution in [0.3, 0.4) is 0 Å². The molecule has 0 atom stereocenters. The van der Waals surface area contributed by atoms with E-state index in [0.29, 0.717) is 16.8 Å². The monoisotopic (exact) mass is 465 g/mol. The van der Waals surface area contributed by atoms with Crippen molar-refractivity contribution in [1.82, 2.24) is 9.66 Å². The van der Waals surface area contributed by atoms with Crippen molar-refractivity contribution >= 4 is 38.5 Å². The van der Waals surface area contributed by atoms with Crippen LogP contribution in [0.15, 0.2) is 70.6 Å². The lowest BCUT2D eigenvalue weighted by Gasteiger charge is -2.12. The Kier molecular flexibility index (Phi) is 5.03. The molecule has 2 aromatic heterocycles. The van der Waals surface area contributed by atoms with Gasteiger partial charge in [0.1, 0.15) is 10.6 Å². The quantitative estimate of drug-likeness (QED) is 0.330. The second kappa shape index (κ2) is 8.22. The van der Waals surface area contributed by atoms with Crippen LogP contribution in [-0.4, -0.2) is 21.0 Å². The zero-order valence-electron chi connectivity index (χ0n) is 18.8. The number of rotatable bonds is 3. The summed E-state index contributed by atoms with van der Waals surface area (Å²) in [4.78, 5) is 20.9. The van der Waals surface area contributed by atoms with Crippen molar-refractivity contribution in [2.45, 2.75) is 32.6 Å². The van der Waals surface area contributed by atoms with Crippen LogP contribution >= 0.6 is 11.3 Å². The minimum Gasteiger partial charge on any atom is -0.507 e. The molecule has 6 heteroatoms. The van der Waals surface area contributed by atoms with Gasteiger partial charge in [0, 0.05) is 16.0 Å². The van der Waals surface area contributed by atoms with Gasteiger partial charge in [-0.1, -0.05) is 54.6 Å². The molecule has 0 bridgehead atoms. The van der Waals surface area contributed by atoms with Gasteiger partial charge in [-0.2, -0.15) is 9.78 Å². The Bertz CT molecular complexity index is 1660. The summed E-state index contributed by atoms with van der Waals surface area (Å²) in [5.41, 5.74) is 3.45. The van der Waals surface area contributed by atoms with Crippen LogP contribution in [0.4, 0.5) is 0 Å². The van der Waals surface area contributed by atoms with Gasteiger partial charge in [-0.15, -0.1) is 11.3 Å². The highest BCUT2D eigenvalue weighted by atomic mass is 32.1. The highest BCUT2D eigenvalue weighted by molar-refractivity contribution is 7.18. The predicted molar refractivity (Wildman–Crippen MR) is 139 cm³/mol. The summed E-state index contributed by atoms with van der Waals surface area (Å²) in [7, 11) is 0. The van der Waals surface area contributed by atoms with Crippen LogP contribution in [0, 0.1) is 6.92 Å². The Morgan fingerprint density at radius 1 is 1.03 bits per heavy atom. The number of phenolic OH excluding ortho intramolecular Hbond substituents is 1. The fourth-order valence-corrected chi connectivity index (χ4v) is 6.09. The number of benzene rings is 3. The van der Waals surface area contributed by atoms with Gasteiger partial charge in [-0.3, -0.25) is 4.79 Å². The normalized spacial score (nSPS) is 13.7. The van der Waals surface area contributed by atoms with E-state index in [1.807, 2.05) is 61.5 Å². The maximum atomic E-state index is 13.9. The first kappa shape index (κ1) is 20.8. The number of aromatic nitrogens is 2. The van der Waals surface area contributed by atoms with Crippen LogP contribution in [0.2, 0.25) is 0 Å². The minimum absolute atomic E-state index is 0.120. The number of hydrogen-bond acceptors (Lipinski definition) is 5. The largest absolute Gasteiger partial charge is 0.507 e. The summed E-state index contributed by atoms with van der Waals surface area (Å²) in [6.07, 6.45) is 5.72. The Labute approximate surface area is 200 Å². The molecule has 0 saturated heterocycles. The third-order valence-corrected chi connectivity index (χ3v) is 7.79. The first-order chi connectivity index (χ1) is 16.6. The summed E-state index contributed by atoms with van der Waals surface area (Å²) in [6, 6.07) is 19.2. The molecule has 1 N–H and O–H groups in total. The van der Waals surface area contributed by atoms with E-state index < -0.39 is 0 Å². The molecular formula is C28H23N3O2S. The first-order valence-electron chi connectivity index (χ1n) is 11.5. The Morgan fingerprint density at radius 2 is 1.82 bits per heavy atom. The predicted octanol–water partition coefficient (Wildman–Crippen LogP) is 6.05. The van der Waals surface area contributed by atoms with E-state index in [2.05, 4.69) is 5.10 Å². The van der Waals surface area contributed by atoms with E-state index in [4.69, 9.17) is 4.98 Å². The third-order valence-electron chi connectivity index (χ3n) is 6.60. The van der Waals surface area contributed by atoms with Gasteiger partial charge in [0.15, 0.2) is 5.82 Å². The Hall–Kier alpha value is -3.77. The van der Waals surface area contributed by atoms with Crippen molar-refractivity contribution in [3.05, 3.63) is 92.6 Å². The molecular weight excluding hydrogens is 442 g/mol. The standard InChI is InChI=1S/C28H23N3O2S/c1-17-8-2-4-10-19(17)26-30-27-25(21-12-6-7-13-24(21)34-27)28(33)31(26)29-16-22-20-11-5-3-9-18(20)14-15-23(22)32/h2-5,8-11,14-16,32H,6-7,12-13H2,1H3/b29-16+. The Morgan fingerprint density at radius 3 is 2.71 bits per heavy atom. The molecule has 0 radical (unpaired) electrons. The number of nitrogens with zero attached hydrogens (tertiary/aromatic N) is 3. The maximum absolute atomic E-state index is 13.9. The molecule has 3 aromatic carbocycles. The van der Waals surface area contributed by atoms with E-state index in [-0.39, 0.29) is 11.3 Å². The van der Waals surface area contributed by atoms with Crippen LogP contribution < -0.4 is 5.56 Å². The molecule has 0 spiro atoms. The summed E-state index contributed by atoms with van der Waals surface area (Å²) in [5.74, 6) is 0.639. The lowest BCUT2D eigenvalue weighted by Crippen LogP contribution is -2.21. The Balaban J connectivity index is 1.63. The average Bonchev–Trinajstić information content (AvgIpc) is 3.23. The maximum Gasteiger partial charge on any atom is 0.283 e. The van der Waals surface area contributed by atoms with Crippen LogP contribution in [0.1, 0.15) is 34.4 Å². The second-order valence-corrected chi connectivity index (χ2v) is 9.81. The zero-order valence-corrected chi connectivity index (χ0v) is 19.6. The number of aromatic hydroxyl groups is 1. The zero-order chi connectivity index (χ0) is 23.2. The van der Waals surface area contributed by atoms with Crippen molar-refractivity contribution in [2.75, 3.05) is 0 Å². The second-order valence-electron chi connectivity index (χ2n) is 8.72.